The third-order valence-electron chi connectivity index (χ3n) is 4.05. The summed E-state index contributed by atoms with van der Waals surface area (Å²) in [6, 6.07) is 3.83. The van der Waals surface area contributed by atoms with Crippen molar-refractivity contribution in [1.29, 1.82) is 0 Å². The van der Waals surface area contributed by atoms with Crippen LogP contribution in [0.5, 0.6) is 0 Å². The third-order valence-corrected chi connectivity index (χ3v) is 7.14. The minimum absolute atomic E-state index is 0. The molecule has 0 heterocycles. The molecule has 7 nitrogen and oxygen atoms in total. The molecule has 0 aliphatic heterocycles. The summed E-state index contributed by atoms with van der Waals surface area (Å²) in [5, 5.41) is 0. The zero-order chi connectivity index (χ0) is 17.3. The van der Waals surface area contributed by atoms with Crippen LogP contribution in [-0.2, 0) is 20.0 Å². The van der Waals surface area contributed by atoms with Gasteiger partial charge in [-0.1, -0.05) is 6.42 Å². The van der Waals surface area contributed by atoms with Crippen molar-refractivity contribution < 1.29 is 16.8 Å². The molecule has 1 fully saturated rings. The van der Waals surface area contributed by atoms with Crippen LogP contribution in [0.25, 0.3) is 0 Å². The van der Waals surface area contributed by atoms with Gasteiger partial charge in [-0.3, -0.25) is 0 Å². The number of sulfonamides is 2. The SMILES string of the molecule is CNS(=O)(=O)c1ccc(S(=O)(=O)NC2CCCC(N)C2)cc1C.Cl. The van der Waals surface area contributed by atoms with Gasteiger partial charge in [-0.15, -0.1) is 12.4 Å². The Morgan fingerprint density at radius 3 is 2.33 bits per heavy atom. The van der Waals surface area contributed by atoms with E-state index >= 15 is 0 Å². The molecule has 0 amide bonds. The lowest BCUT2D eigenvalue weighted by Gasteiger charge is -2.27. The summed E-state index contributed by atoms with van der Waals surface area (Å²) in [6.07, 6.45) is 3.18. The van der Waals surface area contributed by atoms with Gasteiger partial charge in [-0.2, -0.15) is 0 Å². The van der Waals surface area contributed by atoms with Crippen LogP contribution >= 0.6 is 12.4 Å². The fraction of sp³-hybridized carbons (Fsp3) is 0.571. The van der Waals surface area contributed by atoms with Gasteiger partial charge in [-0.25, -0.2) is 26.3 Å². The molecule has 4 N–H and O–H groups in total. The Bertz CT molecular complexity index is 781. The van der Waals surface area contributed by atoms with Gasteiger partial charge < -0.3 is 5.73 Å². The number of rotatable bonds is 5. The summed E-state index contributed by atoms with van der Waals surface area (Å²) in [4.78, 5) is 0.128. The Labute approximate surface area is 149 Å². The lowest BCUT2D eigenvalue weighted by Crippen LogP contribution is -2.42. The molecule has 2 unspecified atom stereocenters. The van der Waals surface area contributed by atoms with Gasteiger partial charge in [0, 0.05) is 12.1 Å². The van der Waals surface area contributed by atoms with Crippen LogP contribution in [0.15, 0.2) is 28.0 Å². The molecule has 0 bridgehead atoms. The second-order valence-corrected chi connectivity index (χ2v) is 9.45. The smallest absolute Gasteiger partial charge is 0.240 e. The molecule has 1 aliphatic rings. The van der Waals surface area contributed by atoms with Gasteiger partial charge in [0.15, 0.2) is 0 Å². The maximum absolute atomic E-state index is 12.5. The summed E-state index contributed by atoms with van der Waals surface area (Å²) >= 11 is 0. The summed E-state index contributed by atoms with van der Waals surface area (Å²) in [5.41, 5.74) is 6.26. The van der Waals surface area contributed by atoms with Crippen LogP contribution < -0.4 is 15.2 Å². The van der Waals surface area contributed by atoms with Crippen molar-refractivity contribution in [3.8, 4) is 0 Å². The molecule has 0 radical (unpaired) electrons. The highest BCUT2D eigenvalue weighted by atomic mass is 35.5. The first-order valence-electron chi connectivity index (χ1n) is 7.48. The Kier molecular flexibility index (Phi) is 7.21. The predicted octanol–water partition coefficient (Wildman–Crippen LogP) is 0.873. The van der Waals surface area contributed by atoms with Gasteiger partial charge in [0.2, 0.25) is 20.0 Å². The number of nitrogens with one attached hydrogen (secondary N) is 2. The van der Waals surface area contributed by atoms with Crippen molar-refractivity contribution in [3.63, 3.8) is 0 Å². The van der Waals surface area contributed by atoms with Crippen LogP contribution in [0, 0.1) is 6.92 Å². The molecule has 0 aromatic heterocycles. The van der Waals surface area contributed by atoms with Gasteiger partial charge in [-0.05, 0) is 57.0 Å². The quantitative estimate of drug-likeness (QED) is 0.681. The molecular weight excluding hydrogens is 374 g/mol. The Morgan fingerprint density at radius 2 is 1.79 bits per heavy atom. The van der Waals surface area contributed by atoms with Crippen molar-refractivity contribution >= 4 is 32.5 Å². The molecular formula is C14H24ClN3O4S2. The van der Waals surface area contributed by atoms with Crippen molar-refractivity contribution in [2.24, 2.45) is 5.73 Å². The predicted molar refractivity (Wildman–Crippen MR) is 95.2 cm³/mol. The van der Waals surface area contributed by atoms with Crippen LogP contribution in [0.4, 0.5) is 0 Å². The molecule has 10 heteroatoms. The van der Waals surface area contributed by atoms with E-state index in [1.165, 1.54) is 25.2 Å². The largest absolute Gasteiger partial charge is 0.328 e. The lowest BCUT2D eigenvalue weighted by molar-refractivity contribution is 0.371. The second-order valence-electron chi connectivity index (χ2n) is 5.88. The zero-order valence-corrected chi connectivity index (χ0v) is 16.1. The van der Waals surface area contributed by atoms with Gasteiger partial charge >= 0.3 is 0 Å². The molecule has 1 aliphatic carbocycles. The first kappa shape index (κ1) is 21.3. The van der Waals surface area contributed by atoms with E-state index in [0.29, 0.717) is 12.0 Å². The van der Waals surface area contributed by atoms with E-state index in [0.717, 1.165) is 19.3 Å². The van der Waals surface area contributed by atoms with Crippen molar-refractivity contribution in [2.75, 3.05) is 7.05 Å². The number of hydrogen-bond acceptors (Lipinski definition) is 5. The Balaban J connectivity index is 0.00000288. The molecule has 1 aromatic carbocycles. The van der Waals surface area contributed by atoms with E-state index < -0.39 is 20.0 Å². The van der Waals surface area contributed by atoms with Crippen LogP contribution in [0.1, 0.15) is 31.2 Å². The highest BCUT2D eigenvalue weighted by molar-refractivity contribution is 7.90. The normalized spacial score (nSPS) is 22.0. The molecule has 0 saturated heterocycles. The molecule has 0 spiro atoms. The average molecular weight is 398 g/mol. The minimum Gasteiger partial charge on any atom is -0.328 e. The Morgan fingerprint density at radius 1 is 1.12 bits per heavy atom. The molecule has 2 atom stereocenters. The third kappa shape index (κ3) is 4.90. The van der Waals surface area contributed by atoms with Crippen molar-refractivity contribution in [3.05, 3.63) is 23.8 Å². The highest BCUT2D eigenvalue weighted by Gasteiger charge is 2.26. The van der Waals surface area contributed by atoms with E-state index in [-0.39, 0.29) is 34.3 Å². The summed E-state index contributed by atoms with van der Waals surface area (Å²) in [5.74, 6) is 0. The maximum atomic E-state index is 12.5. The maximum Gasteiger partial charge on any atom is 0.240 e. The number of benzene rings is 1. The minimum atomic E-state index is -3.70. The van der Waals surface area contributed by atoms with E-state index in [4.69, 9.17) is 5.73 Å². The first-order chi connectivity index (χ1) is 10.7. The number of hydrogen-bond donors (Lipinski definition) is 3. The fourth-order valence-corrected chi connectivity index (χ4v) is 5.14. The number of nitrogens with two attached hydrogens (primary N) is 1. The average Bonchev–Trinajstić information content (AvgIpc) is 2.46. The second kappa shape index (κ2) is 8.11. The first-order valence-corrected chi connectivity index (χ1v) is 10.4. The Hall–Kier alpha value is -0.710. The standard InChI is InChI=1S/C14H23N3O4S2.ClH/c1-10-8-13(6-7-14(10)23(20,21)16-2)22(18,19)17-12-5-3-4-11(15)9-12;/h6-8,11-12,16-17H,3-5,9,15H2,1-2H3;1H. The number of halogens is 1. The topological polar surface area (TPSA) is 118 Å². The van der Waals surface area contributed by atoms with Crippen LogP contribution in [0.3, 0.4) is 0 Å². The van der Waals surface area contributed by atoms with Crippen molar-refractivity contribution in [2.45, 2.75) is 54.5 Å². The lowest BCUT2D eigenvalue weighted by atomic mass is 9.92. The molecule has 138 valence electrons. The monoisotopic (exact) mass is 397 g/mol. The summed E-state index contributed by atoms with van der Waals surface area (Å²) in [7, 11) is -5.99. The van der Waals surface area contributed by atoms with Gasteiger partial charge in [0.1, 0.15) is 0 Å². The molecule has 2 rings (SSSR count). The summed E-state index contributed by atoms with van der Waals surface area (Å²) < 4.78 is 53.5. The molecule has 1 saturated carbocycles. The highest BCUT2D eigenvalue weighted by Crippen LogP contribution is 2.22. The van der Waals surface area contributed by atoms with Gasteiger partial charge in [0.05, 0.1) is 9.79 Å². The fourth-order valence-electron chi connectivity index (χ4n) is 2.82. The molecule has 24 heavy (non-hydrogen) atoms. The van der Waals surface area contributed by atoms with Crippen molar-refractivity contribution in [1.82, 2.24) is 9.44 Å². The summed E-state index contributed by atoms with van der Waals surface area (Å²) in [6.45, 7) is 1.57. The van der Waals surface area contributed by atoms with E-state index in [1.807, 2.05) is 0 Å². The van der Waals surface area contributed by atoms with E-state index in [9.17, 15) is 16.8 Å². The van der Waals surface area contributed by atoms with Crippen LogP contribution in [0.2, 0.25) is 0 Å². The molecule has 1 aromatic rings. The van der Waals surface area contributed by atoms with Gasteiger partial charge in [0.25, 0.3) is 0 Å². The van der Waals surface area contributed by atoms with E-state index in [1.54, 1.807) is 6.92 Å². The number of aryl methyl sites for hydroxylation is 1. The van der Waals surface area contributed by atoms with E-state index in [2.05, 4.69) is 9.44 Å². The zero-order valence-electron chi connectivity index (χ0n) is 13.7. The van der Waals surface area contributed by atoms with Crippen LogP contribution in [-0.4, -0.2) is 36.0 Å².